The summed E-state index contributed by atoms with van der Waals surface area (Å²) in [7, 11) is 0. The average molecular weight is 359 g/mol. The van der Waals surface area contributed by atoms with Gasteiger partial charge in [0.25, 0.3) is 0 Å². The highest BCUT2D eigenvalue weighted by Crippen LogP contribution is 2.29. The first-order valence-corrected chi connectivity index (χ1v) is 9.42. The van der Waals surface area contributed by atoms with Crippen molar-refractivity contribution in [2.45, 2.75) is 58.1 Å². The Bertz CT molecular complexity index is 593. The molecule has 0 radical (unpaired) electrons. The lowest BCUT2D eigenvalue weighted by molar-refractivity contribution is -0.138. The van der Waals surface area contributed by atoms with Crippen LogP contribution in [0.1, 0.15) is 51.0 Å². The van der Waals surface area contributed by atoms with Crippen molar-refractivity contribution in [2.75, 3.05) is 6.61 Å². The molecule has 5 nitrogen and oxygen atoms in total. The van der Waals surface area contributed by atoms with Gasteiger partial charge >= 0.3 is 12.1 Å². The molecule has 0 spiro atoms. The molecule has 1 amide bonds. The minimum absolute atomic E-state index is 0.157. The molecule has 1 fully saturated rings. The third kappa shape index (κ3) is 6.54. The zero-order valence-corrected chi connectivity index (χ0v) is 15.5. The summed E-state index contributed by atoms with van der Waals surface area (Å²) in [6.45, 7) is 6.15. The molecule has 1 N–H and O–H groups in total. The number of nitrogens with one attached hydrogen (secondary N) is 1. The normalized spacial score (nSPS) is 15.7. The number of carbonyl (C=O) groups is 2. The summed E-state index contributed by atoms with van der Waals surface area (Å²) in [5.74, 6) is -0.0630. The second-order valence-corrected chi connectivity index (χ2v) is 6.74. The van der Waals surface area contributed by atoms with Crippen LogP contribution >= 0.6 is 0 Å². The smallest absolute Gasteiger partial charge is 0.407 e. The molecule has 1 aliphatic rings. The number of esters is 1. The zero-order chi connectivity index (χ0) is 18.8. The molecule has 0 bridgehead atoms. The Morgan fingerprint density at radius 3 is 2.50 bits per heavy atom. The SMILES string of the molecule is C=C(CC(NC(=O)OCc1ccccc1)C1CCCCC1)C(=O)OCC. The van der Waals surface area contributed by atoms with Gasteiger partial charge in [0.05, 0.1) is 6.61 Å². The van der Waals surface area contributed by atoms with E-state index in [1.54, 1.807) is 6.92 Å². The quantitative estimate of drug-likeness (QED) is 0.553. The molecule has 0 aliphatic heterocycles. The van der Waals surface area contributed by atoms with Crippen LogP contribution in [0.4, 0.5) is 4.79 Å². The number of hydrogen-bond acceptors (Lipinski definition) is 4. The summed E-state index contributed by atoms with van der Waals surface area (Å²) in [5, 5.41) is 2.96. The summed E-state index contributed by atoms with van der Waals surface area (Å²) in [6, 6.07) is 9.40. The number of carbonyl (C=O) groups excluding carboxylic acids is 2. The van der Waals surface area contributed by atoms with E-state index in [1.165, 1.54) is 6.42 Å². The van der Waals surface area contributed by atoms with Gasteiger partial charge in [0.15, 0.2) is 0 Å². The van der Waals surface area contributed by atoms with Crippen LogP contribution in [0, 0.1) is 5.92 Å². The van der Waals surface area contributed by atoms with Crippen molar-refractivity contribution in [3.63, 3.8) is 0 Å². The Balaban J connectivity index is 1.92. The zero-order valence-electron chi connectivity index (χ0n) is 15.5. The number of ether oxygens (including phenoxy) is 2. The Morgan fingerprint density at radius 2 is 1.85 bits per heavy atom. The Hall–Kier alpha value is -2.30. The van der Waals surface area contributed by atoms with Crippen molar-refractivity contribution >= 4 is 12.1 Å². The fourth-order valence-electron chi connectivity index (χ4n) is 3.37. The maximum atomic E-state index is 12.3. The van der Waals surface area contributed by atoms with Crippen LogP contribution in [-0.2, 0) is 20.9 Å². The van der Waals surface area contributed by atoms with Gasteiger partial charge in [-0.15, -0.1) is 0 Å². The average Bonchev–Trinajstić information content (AvgIpc) is 2.67. The van der Waals surface area contributed by atoms with Crippen molar-refractivity contribution in [1.29, 1.82) is 0 Å². The van der Waals surface area contributed by atoms with Crippen molar-refractivity contribution in [1.82, 2.24) is 5.32 Å². The van der Waals surface area contributed by atoms with E-state index in [0.717, 1.165) is 31.2 Å². The first-order valence-electron chi connectivity index (χ1n) is 9.42. The molecule has 0 heterocycles. The molecule has 5 heteroatoms. The van der Waals surface area contributed by atoms with E-state index in [-0.39, 0.29) is 12.6 Å². The molecule has 1 aliphatic carbocycles. The summed E-state index contributed by atoms with van der Waals surface area (Å²) < 4.78 is 10.4. The number of hydrogen-bond donors (Lipinski definition) is 1. The van der Waals surface area contributed by atoms with Crippen LogP contribution in [0.2, 0.25) is 0 Å². The third-order valence-electron chi connectivity index (χ3n) is 4.77. The first kappa shape index (κ1) is 20.0. The molecule has 142 valence electrons. The predicted octanol–water partition coefficient (Wildman–Crippen LogP) is 4.37. The number of amides is 1. The van der Waals surface area contributed by atoms with Gasteiger partial charge in [-0.2, -0.15) is 0 Å². The van der Waals surface area contributed by atoms with Gasteiger partial charge < -0.3 is 14.8 Å². The van der Waals surface area contributed by atoms with Gasteiger partial charge in [0.2, 0.25) is 0 Å². The largest absolute Gasteiger partial charge is 0.463 e. The van der Waals surface area contributed by atoms with Crippen LogP contribution < -0.4 is 5.32 Å². The number of rotatable bonds is 8. The fourth-order valence-corrected chi connectivity index (χ4v) is 3.37. The van der Waals surface area contributed by atoms with Gasteiger partial charge in [-0.3, -0.25) is 0 Å². The summed E-state index contributed by atoms with van der Waals surface area (Å²) >= 11 is 0. The summed E-state index contributed by atoms with van der Waals surface area (Å²) in [4.78, 5) is 24.2. The Kier molecular flexibility index (Phi) is 8.19. The van der Waals surface area contributed by atoms with Crippen LogP contribution in [0.25, 0.3) is 0 Å². The van der Waals surface area contributed by atoms with E-state index in [9.17, 15) is 9.59 Å². The number of alkyl carbamates (subject to hydrolysis) is 1. The van der Waals surface area contributed by atoms with Crippen molar-refractivity contribution < 1.29 is 19.1 Å². The molecular weight excluding hydrogens is 330 g/mol. The van der Waals surface area contributed by atoms with Gasteiger partial charge in [-0.1, -0.05) is 56.2 Å². The molecule has 26 heavy (non-hydrogen) atoms. The van der Waals surface area contributed by atoms with Crippen molar-refractivity contribution in [3.8, 4) is 0 Å². The molecule has 1 atom stereocenters. The highest BCUT2D eigenvalue weighted by atomic mass is 16.5. The first-order chi connectivity index (χ1) is 12.6. The third-order valence-corrected chi connectivity index (χ3v) is 4.77. The van der Waals surface area contributed by atoms with Gasteiger partial charge in [0, 0.05) is 11.6 Å². The molecule has 0 aromatic heterocycles. The maximum absolute atomic E-state index is 12.3. The van der Waals surface area contributed by atoms with Crippen LogP contribution in [0.5, 0.6) is 0 Å². The molecule has 1 aromatic carbocycles. The second-order valence-electron chi connectivity index (χ2n) is 6.74. The standard InChI is InChI=1S/C21H29NO4/c1-3-25-20(23)16(2)14-19(18-12-8-5-9-13-18)22-21(24)26-15-17-10-6-4-7-11-17/h4,6-7,10-11,18-19H,2-3,5,8-9,12-15H2,1H3,(H,22,24). The minimum atomic E-state index is -0.457. The lowest BCUT2D eigenvalue weighted by Gasteiger charge is -2.31. The molecule has 0 saturated heterocycles. The monoisotopic (exact) mass is 359 g/mol. The summed E-state index contributed by atoms with van der Waals surface area (Å²) in [6.07, 6.45) is 5.53. The molecule has 1 unspecified atom stereocenters. The van der Waals surface area contributed by atoms with Crippen molar-refractivity contribution in [3.05, 3.63) is 48.0 Å². The predicted molar refractivity (Wildman–Crippen MR) is 101 cm³/mol. The fraction of sp³-hybridized carbons (Fsp3) is 0.524. The summed E-state index contributed by atoms with van der Waals surface area (Å²) in [5.41, 5.74) is 1.33. The lowest BCUT2D eigenvalue weighted by Crippen LogP contribution is -2.42. The topological polar surface area (TPSA) is 64.6 Å². The van der Waals surface area contributed by atoms with Crippen LogP contribution in [-0.4, -0.2) is 24.7 Å². The van der Waals surface area contributed by atoms with Gasteiger partial charge in [0.1, 0.15) is 6.61 Å². The van der Waals surface area contributed by atoms with Gasteiger partial charge in [-0.05, 0) is 37.7 Å². The highest BCUT2D eigenvalue weighted by molar-refractivity contribution is 5.87. The van der Waals surface area contributed by atoms with Crippen LogP contribution in [0.3, 0.4) is 0 Å². The molecule has 2 rings (SSSR count). The maximum Gasteiger partial charge on any atom is 0.407 e. The van der Waals surface area contributed by atoms with E-state index in [1.807, 2.05) is 30.3 Å². The van der Waals surface area contributed by atoms with E-state index in [2.05, 4.69) is 11.9 Å². The molecule has 1 saturated carbocycles. The second kappa shape index (κ2) is 10.6. The van der Waals surface area contributed by atoms with E-state index in [0.29, 0.717) is 24.5 Å². The van der Waals surface area contributed by atoms with Crippen molar-refractivity contribution in [2.24, 2.45) is 5.92 Å². The Morgan fingerprint density at radius 1 is 1.15 bits per heavy atom. The molecular formula is C21H29NO4. The minimum Gasteiger partial charge on any atom is -0.463 e. The van der Waals surface area contributed by atoms with E-state index in [4.69, 9.17) is 9.47 Å². The number of benzene rings is 1. The van der Waals surface area contributed by atoms with E-state index >= 15 is 0 Å². The highest BCUT2D eigenvalue weighted by Gasteiger charge is 2.27. The van der Waals surface area contributed by atoms with Gasteiger partial charge in [-0.25, -0.2) is 9.59 Å². The Labute approximate surface area is 155 Å². The molecule has 1 aromatic rings. The van der Waals surface area contributed by atoms with E-state index < -0.39 is 12.1 Å². The van der Waals surface area contributed by atoms with Crippen LogP contribution in [0.15, 0.2) is 42.5 Å². The lowest BCUT2D eigenvalue weighted by atomic mass is 9.81.